The third kappa shape index (κ3) is 2.98. The summed E-state index contributed by atoms with van der Waals surface area (Å²) in [6.07, 6.45) is 0. The SMILES string of the molecule is COC(=O)[C@@H](Nc1ccc2oc(=O)[nH]c2c1)c1cccc(C#N)c1. The molecule has 0 aliphatic rings. The van der Waals surface area contributed by atoms with Crippen molar-refractivity contribution in [1.29, 1.82) is 5.26 Å². The van der Waals surface area contributed by atoms with Crippen LogP contribution in [0.4, 0.5) is 5.69 Å². The van der Waals surface area contributed by atoms with Crippen molar-refractivity contribution in [1.82, 2.24) is 4.98 Å². The highest BCUT2D eigenvalue weighted by atomic mass is 16.5. The fourth-order valence-corrected chi connectivity index (χ4v) is 2.39. The maximum Gasteiger partial charge on any atom is 0.417 e. The summed E-state index contributed by atoms with van der Waals surface area (Å²) in [7, 11) is 1.29. The predicted octanol–water partition coefficient (Wildman–Crippen LogP) is 2.32. The molecule has 2 aromatic carbocycles. The van der Waals surface area contributed by atoms with Gasteiger partial charge in [-0.1, -0.05) is 12.1 Å². The van der Waals surface area contributed by atoms with Crippen LogP contribution in [0.15, 0.2) is 51.7 Å². The van der Waals surface area contributed by atoms with E-state index in [2.05, 4.69) is 10.3 Å². The molecule has 0 saturated heterocycles. The Hall–Kier alpha value is -3.53. The topological polar surface area (TPSA) is 108 Å². The first kappa shape index (κ1) is 15.4. The highest BCUT2D eigenvalue weighted by Gasteiger charge is 2.22. The first-order valence-corrected chi connectivity index (χ1v) is 7.08. The molecule has 0 unspecified atom stereocenters. The van der Waals surface area contributed by atoms with E-state index < -0.39 is 17.8 Å². The molecule has 7 heteroatoms. The number of rotatable bonds is 4. The number of hydrogen-bond acceptors (Lipinski definition) is 6. The lowest BCUT2D eigenvalue weighted by atomic mass is 10.0. The monoisotopic (exact) mass is 323 g/mol. The first-order chi connectivity index (χ1) is 11.6. The number of fused-ring (bicyclic) bond motifs is 1. The minimum Gasteiger partial charge on any atom is -0.467 e. The molecule has 3 rings (SSSR count). The van der Waals surface area contributed by atoms with Crippen molar-refractivity contribution < 1.29 is 13.9 Å². The second kappa shape index (κ2) is 6.30. The quantitative estimate of drug-likeness (QED) is 0.713. The summed E-state index contributed by atoms with van der Waals surface area (Å²) in [4.78, 5) is 25.9. The van der Waals surface area contributed by atoms with Gasteiger partial charge in [0, 0.05) is 5.69 Å². The van der Waals surface area contributed by atoms with E-state index in [-0.39, 0.29) is 0 Å². The van der Waals surface area contributed by atoms with Crippen LogP contribution in [-0.4, -0.2) is 18.1 Å². The number of aromatic nitrogens is 1. The number of hydrogen-bond donors (Lipinski definition) is 2. The van der Waals surface area contributed by atoms with Crippen molar-refractivity contribution in [2.24, 2.45) is 0 Å². The summed E-state index contributed by atoms with van der Waals surface area (Å²) in [5.41, 5.74) is 2.57. The highest BCUT2D eigenvalue weighted by molar-refractivity contribution is 5.83. The Morgan fingerprint density at radius 2 is 2.17 bits per heavy atom. The van der Waals surface area contributed by atoms with E-state index in [9.17, 15) is 9.59 Å². The Morgan fingerprint density at radius 3 is 2.92 bits per heavy atom. The van der Waals surface area contributed by atoms with Crippen LogP contribution in [0.2, 0.25) is 0 Å². The van der Waals surface area contributed by atoms with E-state index in [0.29, 0.717) is 27.9 Å². The lowest BCUT2D eigenvalue weighted by Gasteiger charge is -2.18. The summed E-state index contributed by atoms with van der Waals surface area (Å²) < 4.78 is 9.79. The van der Waals surface area contributed by atoms with Crippen LogP contribution >= 0.6 is 0 Å². The third-order valence-electron chi connectivity index (χ3n) is 3.52. The number of oxazole rings is 1. The average molecular weight is 323 g/mol. The fraction of sp³-hybridized carbons (Fsp3) is 0.118. The van der Waals surface area contributed by atoms with Crippen molar-refractivity contribution >= 4 is 22.8 Å². The molecule has 0 aliphatic carbocycles. The predicted molar refractivity (Wildman–Crippen MR) is 86.4 cm³/mol. The van der Waals surface area contributed by atoms with Gasteiger partial charge in [0.15, 0.2) is 11.6 Å². The molecule has 0 aliphatic heterocycles. The molecular formula is C17H13N3O4. The lowest BCUT2D eigenvalue weighted by molar-refractivity contribution is -0.141. The molecule has 0 bridgehead atoms. The summed E-state index contributed by atoms with van der Waals surface area (Å²) in [5.74, 6) is -1.04. The van der Waals surface area contributed by atoms with Crippen molar-refractivity contribution in [3.63, 3.8) is 0 Å². The number of nitrogens with one attached hydrogen (secondary N) is 2. The van der Waals surface area contributed by atoms with Gasteiger partial charge in [-0.25, -0.2) is 9.59 Å². The van der Waals surface area contributed by atoms with Crippen LogP contribution in [-0.2, 0) is 9.53 Å². The van der Waals surface area contributed by atoms with Crippen LogP contribution in [0.3, 0.4) is 0 Å². The van der Waals surface area contributed by atoms with Gasteiger partial charge in [0.1, 0.15) is 0 Å². The van der Waals surface area contributed by atoms with E-state index in [1.807, 2.05) is 6.07 Å². The number of H-pyrrole nitrogens is 1. The molecule has 1 aromatic heterocycles. The van der Waals surface area contributed by atoms with Gasteiger partial charge in [-0.3, -0.25) is 4.98 Å². The lowest BCUT2D eigenvalue weighted by Crippen LogP contribution is -2.22. The van der Waals surface area contributed by atoms with Gasteiger partial charge in [-0.2, -0.15) is 5.26 Å². The zero-order valence-electron chi connectivity index (χ0n) is 12.7. The zero-order chi connectivity index (χ0) is 17.1. The van der Waals surface area contributed by atoms with Crippen LogP contribution in [0.5, 0.6) is 0 Å². The molecule has 0 radical (unpaired) electrons. The van der Waals surface area contributed by atoms with Gasteiger partial charge in [0.2, 0.25) is 0 Å². The molecule has 0 spiro atoms. The Bertz CT molecular complexity index is 997. The Balaban J connectivity index is 1.97. The molecule has 3 aromatic rings. The number of esters is 1. The van der Waals surface area contributed by atoms with E-state index in [4.69, 9.17) is 14.4 Å². The average Bonchev–Trinajstić information content (AvgIpc) is 2.98. The number of benzene rings is 2. The molecule has 1 heterocycles. The molecule has 24 heavy (non-hydrogen) atoms. The number of carbonyl (C=O) groups excluding carboxylic acids is 1. The molecular weight excluding hydrogens is 310 g/mol. The minimum absolute atomic E-state index is 0.423. The number of nitrogens with zero attached hydrogens (tertiary/aromatic N) is 1. The highest BCUT2D eigenvalue weighted by Crippen LogP contribution is 2.24. The van der Waals surface area contributed by atoms with Crippen LogP contribution in [0.1, 0.15) is 17.2 Å². The number of anilines is 1. The second-order valence-electron chi connectivity index (χ2n) is 5.06. The molecule has 0 amide bonds. The first-order valence-electron chi connectivity index (χ1n) is 7.08. The molecule has 0 fully saturated rings. The largest absolute Gasteiger partial charge is 0.467 e. The standard InChI is InChI=1S/C17H13N3O4/c1-23-16(21)15(11-4-2-3-10(7-11)9-18)19-12-5-6-14-13(8-12)20-17(22)24-14/h2-8,15,19H,1H3,(H,20,22)/t15-/m0/s1. The van der Waals surface area contributed by atoms with Crippen LogP contribution in [0, 0.1) is 11.3 Å². The summed E-state index contributed by atoms with van der Waals surface area (Å²) in [6, 6.07) is 12.9. The summed E-state index contributed by atoms with van der Waals surface area (Å²) >= 11 is 0. The fourth-order valence-electron chi connectivity index (χ4n) is 2.39. The normalized spacial score (nSPS) is 11.7. The third-order valence-corrected chi connectivity index (χ3v) is 3.52. The van der Waals surface area contributed by atoms with Gasteiger partial charge in [-0.15, -0.1) is 0 Å². The maximum absolute atomic E-state index is 12.1. The van der Waals surface area contributed by atoms with E-state index in [1.165, 1.54) is 7.11 Å². The van der Waals surface area contributed by atoms with Gasteiger partial charge in [0.05, 0.1) is 24.3 Å². The van der Waals surface area contributed by atoms with Gasteiger partial charge >= 0.3 is 11.7 Å². The Kier molecular flexibility index (Phi) is 4.03. The number of carbonyl (C=O) groups is 1. The second-order valence-corrected chi connectivity index (χ2v) is 5.06. The van der Waals surface area contributed by atoms with Crippen LogP contribution in [0.25, 0.3) is 11.1 Å². The maximum atomic E-state index is 12.1. The summed E-state index contributed by atoms with van der Waals surface area (Å²) in [5, 5.41) is 12.1. The molecule has 120 valence electrons. The van der Waals surface area contributed by atoms with E-state index in [1.54, 1.807) is 42.5 Å². The smallest absolute Gasteiger partial charge is 0.417 e. The van der Waals surface area contributed by atoms with E-state index in [0.717, 1.165) is 0 Å². The number of ether oxygens (including phenoxy) is 1. The summed E-state index contributed by atoms with van der Waals surface area (Å²) in [6.45, 7) is 0. The Labute approximate surface area is 136 Å². The van der Waals surface area contributed by atoms with Gasteiger partial charge < -0.3 is 14.5 Å². The van der Waals surface area contributed by atoms with Crippen molar-refractivity contribution in [3.8, 4) is 6.07 Å². The van der Waals surface area contributed by atoms with Crippen LogP contribution < -0.4 is 11.1 Å². The zero-order valence-corrected chi connectivity index (χ0v) is 12.7. The molecule has 7 nitrogen and oxygen atoms in total. The molecule has 1 atom stereocenters. The Morgan fingerprint density at radius 1 is 1.33 bits per heavy atom. The number of nitriles is 1. The van der Waals surface area contributed by atoms with Crippen molar-refractivity contribution in [3.05, 3.63) is 64.1 Å². The molecule has 0 saturated carbocycles. The number of aromatic amines is 1. The van der Waals surface area contributed by atoms with Gasteiger partial charge in [-0.05, 0) is 35.9 Å². The van der Waals surface area contributed by atoms with Gasteiger partial charge in [0.25, 0.3) is 0 Å². The van der Waals surface area contributed by atoms with Crippen molar-refractivity contribution in [2.45, 2.75) is 6.04 Å². The van der Waals surface area contributed by atoms with E-state index >= 15 is 0 Å². The molecule has 2 N–H and O–H groups in total. The minimum atomic E-state index is -0.792. The number of methoxy groups -OCH3 is 1. The van der Waals surface area contributed by atoms with Crippen molar-refractivity contribution in [2.75, 3.05) is 12.4 Å².